The van der Waals surface area contributed by atoms with E-state index in [9.17, 15) is 0 Å². The van der Waals surface area contributed by atoms with Crippen molar-refractivity contribution in [2.45, 2.75) is 117 Å². The Balaban J connectivity index is 2.16. The molecule has 0 radical (unpaired) electrons. The maximum Gasteiger partial charge on any atom is 0.0345 e. The molecular formula is C32H51N. The monoisotopic (exact) mass is 449 g/mol. The van der Waals surface area contributed by atoms with Crippen LogP contribution in [0.5, 0.6) is 0 Å². The molecule has 2 rings (SSSR count). The third-order valence-corrected chi connectivity index (χ3v) is 7.32. The fraction of sp³-hybridized carbons (Fsp3) is 0.625. The van der Waals surface area contributed by atoms with Crippen molar-refractivity contribution < 1.29 is 0 Å². The van der Waals surface area contributed by atoms with Crippen LogP contribution in [0, 0.1) is 11.8 Å². The number of allylic oxidation sites excluding steroid dienone is 11. The third-order valence-electron chi connectivity index (χ3n) is 7.32. The number of hydrogen-bond acceptors (Lipinski definition) is 1. The van der Waals surface area contributed by atoms with Gasteiger partial charge in [-0.2, -0.15) is 0 Å². The second-order valence-corrected chi connectivity index (χ2v) is 10.2. The minimum Gasteiger partial charge on any atom is -0.382 e. The van der Waals surface area contributed by atoms with Gasteiger partial charge in [0.15, 0.2) is 0 Å². The zero-order valence-corrected chi connectivity index (χ0v) is 21.9. The van der Waals surface area contributed by atoms with Crippen LogP contribution in [0.15, 0.2) is 72.0 Å². The Morgan fingerprint density at radius 1 is 0.758 bits per heavy atom. The molecular weight excluding hydrogens is 398 g/mol. The van der Waals surface area contributed by atoms with Crippen LogP contribution in [0.3, 0.4) is 0 Å². The number of nitrogens with one attached hydrogen (secondary N) is 1. The van der Waals surface area contributed by atoms with Gasteiger partial charge in [-0.3, -0.25) is 0 Å². The highest BCUT2D eigenvalue weighted by Gasteiger charge is 2.30. The summed E-state index contributed by atoms with van der Waals surface area (Å²) in [6.07, 6.45) is 41.1. The summed E-state index contributed by atoms with van der Waals surface area (Å²) in [5.41, 5.74) is 2.56. The first-order valence-electron chi connectivity index (χ1n) is 14.1. The van der Waals surface area contributed by atoms with Crippen molar-refractivity contribution in [1.29, 1.82) is 0 Å². The Morgan fingerprint density at radius 2 is 1.42 bits per heavy atom. The maximum absolute atomic E-state index is 4.06. The lowest BCUT2D eigenvalue weighted by atomic mass is 9.77. The lowest BCUT2D eigenvalue weighted by Crippen LogP contribution is -2.38. The van der Waals surface area contributed by atoms with Crippen LogP contribution in [0.2, 0.25) is 0 Å². The SMILES string of the molecule is CCCCCCCC(CCCC)C1CCCCCC1NC1=C\C=C/C=C\C=C/C=C\C(C)=C1. The standard InChI is InChI=1S/C32H51N/c1-4-6-8-12-17-23-29(22-7-5-2)31-25-19-15-20-26-32(31)33-30-24-18-14-11-9-10-13-16-21-28(3)27-30/h9-11,13-14,16,18,21,24,27,29,31-33H,4-8,12,15,17,19-20,22-23,25-26H2,1-3H3/b10-9?,11-9-,13-10-,14-11?,16-13?,18-14-,21-16-,24-18?,28-21?,28-27?,30-24?,30-27?. The summed E-state index contributed by atoms with van der Waals surface area (Å²) in [5.74, 6) is 1.69. The minimum absolute atomic E-state index is 0.598. The fourth-order valence-corrected chi connectivity index (χ4v) is 5.46. The Bertz CT molecular complexity index is 687. The highest BCUT2D eigenvalue weighted by Crippen LogP contribution is 2.36. The van der Waals surface area contributed by atoms with Crippen LogP contribution >= 0.6 is 0 Å². The molecule has 0 spiro atoms. The van der Waals surface area contributed by atoms with Crippen LogP contribution in [-0.4, -0.2) is 6.04 Å². The van der Waals surface area contributed by atoms with E-state index in [-0.39, 0.29) is 0 Å². The van der Waals surface area contributed by atoms with E-state index >= 15 is 0 Å². The van der Waals surface area contributed by atoms with Crippen LogP contribution in [-0.2, 0) is 0 Å². The second kappa shape index (κ2) is 17.7. The molecule has 33 heavy (non-hydrogen) atoms. The summed E-state index contributed by atoms with van der Waals surface area (Å²) in [7, 11) is 0. The van der Waals surface area contributed by atoms with Crippen molar-refractivity contribution in [3.05, 3.63) is 72.0 Å². The van der Waals surface area contributed by atoms with E-state index in [1.807, 2.05) is 0 Å². The first-order valence-corrected chi connectivity index (χ1v) is 14.1. The van der Waals surface area contributed by atoms with Crippen molar-refractivity contribution in [2.24, 2.45) is 11.8 Å². The summed E-state index contributed by atoms with van der Waals surface area (Å²) in [6.45, 7) is 6.88. The molecule has 3 atom stereocenters. The first-order chi connectivity index (χ1) is 16.2. The van der Waals surface area contributed by atoms with Crippen LogP contribution in [0.1, 0.15) is 111 Å². The largest absolute Gasteiger partial charge is 0.382 e. The van der Waals surface area contributed by atoms with Gasteiger partial charge >= 0.3 is 0 Å². The normalized spacial score (nSPS) is 26.5. The van der Waals surface area contributed by atoms with Gasteiger partial charge in [0.05, 0.1) is 0 Å². The van der Waals surface area contributed by atoms with Gasteiger partial charge in [0.25, 0.3) is 0 Å². The molecule has 1 N–H and O–H groups in total. The highest BCUT2D eigenvalue weighted by atomic mass is 14.9. The Labute approximate surface area is 205 Å². The van der Waals surface area contributed by atoms with E-state index in [2.05, 4.69) is 86.8 Å². The topological polar surface area (TPSA) is 12.0 Å². The van der Waals surface area contributed by atoms with E-state index in [0.717, 1.165) is 11.8 Å². The maximum atomic E-state index is 4.06. The first kappa shape index (κ1) is 27.5. The Kier molecular flexibility index (Phi) is 14.7. The van der Waals surface area contributed by atoms with Crippen LogP contribution in [0.25, 0.3) is 0 Å². The van der Waals surface area contributed by atoms with Crippen molar-refractivity contribution >= 4 is 0 Å². The molecule has 0 amide bonds. The smallest absolute Gasteiger partial charge is 0.0345 e. The molecule has 0 saturated heterocycles. The Morgan fingerprint density at radius 3 is 2.21 bits per heavy atom. The molecule has 1 fully saturated rings. The van der Waals surface area contributed by atoms with E-state index in [4.69, 9.17) is 0 Å². The van der Waals surface area contributed by atoms with Gasteiger partial charge in [-0.25, -0.2) is 0 Å². The molecule has 0 aromatic carbocycles. The summed E-state index contributed by atoms with van der Waals surface area (Å²) in [6, 6.07) is 0.598. The molecule has 0 aromatic heterocycles. The van der Waals surface area contributed by atoms with Crippen molar-refractivity contribution in [3.63, 3.8) is 0 Å². The predicted octanol–water partition coefficient (Wildman–Crippen LogP) is 9.76. The highest BCUT2D eigenvalue weighted by molar-refractivity contribution is 5.33. The van der Waals surface area contributed by atoms with Crippen molar-refractivity contribution in [3.8, 4) is 0 Å². The molecule has 1 saturated carbocycles. The lowest BCUT2D eigenvalue weighted by Gasteiger charge is -2.34. The van der Waals surface area contributed by atoms with Gasteiger partial charge in [0.1, 0.15) is 0 Å². The summed E-state index contributed by atoms with van der Waals surface area (Å²) < 4.78 is 0. The minimum atomic E-state index is 0.598. The summed E-state index contributed by atoms with van der Waals surface area (Å²) in [4.78, 5) is 0. The molecule has 1 nitrogen and oxygen atoms in total. The summed E-state index contributed by atoms with van der Waals surface area (Å²) in [5, 5.41) is 4.06. The van der Waals surface area contributed by atoms with Gasteiger partial charge in [-0.15, -0.1) is 0 Å². The number of hydrogen-bond donors (Lipinski definition) is 1. The summed E-state index contributed by atoms with van der Waals surface area (Å²) >= 11 is 0. The van der Waals surface area contributed by atoms with Gasteiger partial charge in [-0.1, -0.05) is 140 Å². The molecule has 0 aromatic rings. The molecule has 184 valence electrons. The number of unbranched alkanes of at least 4 members (excludes halogenated alkanes) is 5. The van der Waals surface area contributed by atoms with Crippen LogP contribution in [0.4, 0.5) is 0 Å². The molecule has 3 unspecified atom stereocenters. The Hall–Kier alpha value is -1.76. The fourth-order valence-electron chi connectivity index (χ4n) is 5.46. The number of rotatable bonds is 12. The molecule has 0 heterocycles. The molecule has 0 aliphatic heterocycles. The van der Waals surface area contributed by atoms with E-state index < -0.39 is 0 Å². The average Bonchev–Trinajstić information content (AvgIpc) is 3.04. The van der Waals surface area contributed by atoms with Crippen LogP contribution < -0.4 is 5.32 Å². The molecule has 2 aliphatic carbocycles. The predicted molar refractivity (Wildman–Crippen MR) is 148 cm³/mol. The van der Waals surface area contributed by atoms with Gasteiger partial charge in [0.2, 0.25) is 0 Å². The van der Waals surface area contributed by atoms with E-state index in [0.29, 0.717) is 6.04 Å². The molecule has 1 heteroatoms. The zero-order valence-electron chi connectivity index (χ0n) is 21.9. The van der Waals surface area contributed by atoms with E-state index in [1.54, 1.807) is 0 Å². The van der Waals surface area contributed by atoms with Crippen molar-refractivity contribution in [1.82, 2.24) is 5.32 Å². The zero-order chi connectivity index (χ0) is 23.6. The van der Waals surface area contributed by atoms with E-state index in [1.165, 1.54) is 101 Å². The van der Waals surface area contributed by atoms with Crippen molar-refractivity contribution in [2.75, 3.05) is 0 Å². The van der Waals surface area contributed by atoms with Gasteiger partial charge in [0, 0.05) is 11.7 Å². The average molecular weight is 450 g/mol. The molecule has 2 aliphatic rings. The quantitative estimate of drug-likeness (QED) is 0.231. The second-order valence-electron chi connectivity index (χ2n) is 10.2. The lowest BCUT2D eigenvalue weighted by molar-refractivity contribution is 0.211. The third kappa shape index (κ3) is 11.8. The van der Waals surface area contributed by atoms with Gasteiger partial charge in [-0.05, 0) is 49.3 Å². The van der Waals surface area contributed by atoms with Gasteiger partial charge < -0.3 is 5.32 Å². The molecule has 0 bridgehead atoms.